The van der Waals surface area contributed by atoms with Crippen LogP contribution in [0.5, 0.6) is 0 Å². The van der Waals surface area contributed by atoms with Gasteiger partial charge in [0, 0.05) is 13.1 Å². The molecule has 1 unspecified atom stereocenters. The van der Waals surface area contributed by atoms with E-state index in [2.05, 4.69) is 5.32 Å². The third kappa shape index (κ3) is 6.03. The molecule has 1 atom stereocenters. The maximum atomic E-state index is 11.4. The molecule has 0 heterocycles. The first-order valence-electron chi connectivity index (χ1n) is 4.72. The number of carbonyl (C=O) groups is 1. The second kappa shape index (κ2) is 7.19. The summed E-state index contributed by atoms with van der Waals surface area (Å²) in [7, 11) is 3.69. The van der Waals surface area contributed by atoms with Crippen LogP contribution in [0.2, 0.25) is 0 Å². The molecule has 6 heteroatoms. The molecule has 2 N–H and O–H groups in total. The predicted molar refractivity (Wildman–Crippen MR) is 56.0 cm³/mol. The lowest BCUT2D eigenvalue weighted by atomic mass is 10.4. The van der Waals surface area contributed by atoms with Crippen molar-refractivity contribution in [3.8, 4) is 0 Å². The molecule has 1 radical (unpaired) electrons. The minimum atomic E-state index is -0.534. The summed E-state index contributed by atoms with van der Waals surface area (Å²) in [5, 5.41) is 11.2. The zero-order chi connectivity index (χ0) is 11.8. The Morgan fingerprint density at radius 3 is 2.47 bits per heavy atom. The van der Waals surface area contributed by atoms with Crippen LogP contribution >= 0.6 is 0 Å². The number of hydrogen-bond acceptors (Lipinski definition) is 4. The van der Waals surface area contributed by atoms with Gasteiger partial charge in [-0.1, -0.05) is 0 Å². The standard InChI is InChI=1S/C9H18N3O3/c1-8(6-13)10-9(15)12(7-14)5-4-11(2)3/h8,13H,4-6H2,1-3H3,(H,10,15). The van der Waals surface area contributed by atoms with E-state index in [0.717, 1.165) is 4.90 Å². The Morgan fingerprint density at radius 1 is 1.47 bits per heavy atom. The molecule has 87 valence electrons. The number of amides is 3. The number of hydrogen-bond donors (Lipinski definition) is 2. The Morgan fingerprint density at radius 2 is 2.07 bits per heavy atom. The summed E-state index contributed by atoms with van der Waals surface area (Å²) in [6.45, 7) is 2.34. The van der Waals surface area contributed by atoms with E-state index in [1.807, 2.05) is 19.0 Å². The van der Waals surface area contributed by atoms with Crippen LogP contribution in [0.1, 0.15) is 6.92 Å². The maximum Gasteiger partial charge on any atom is 0.324 e. The van der Waals surface area contributed by atoms with E-state index in [1.54, 1.807) is 13.3 Å². The Labute approximate surface area is 89.8 Å². The van der Waals surface area contributed by atoms with Gasteiger partial charge in [0.15, 0.2) is 0 Å². The van der Waals surface area contributed by atoms with E-state index >= 15 is 0 Å². The highest BCUT2D eigenvalue weighted by Gasteiger charge is 2.15. The minimum Gasteiger partial charge on any atom is -0.394 e. The van der Waals surface area contributed by atoms with Gasteiger partial charge in [0.1, 0.15) is 0 Å². The van der Waals surface area contributed by atoms with Crippen molar-refractivity contribution in [2.45, 2.75) is 13.0 Å². The fourth-order valence-electron chi connectivity index (χ4n) is 0.823. The molecule has 0 aliphatic heterocycles. The molecule has 0 aromatic heterocycles. The average Bonchev–Trinajstić information content (AvgIpc) is 2.18. The molecule has 0 spiro atoms. The van der Waals surface area contributed by atoms with Crippen molar-refractivity contribution in [3.05, 3.63) is 0 Å². The fraction of sp³-hybridized carbons (Fsp3) is 0.778. The number of likely N-dealkylation sites (N-methyl/N-ethyl adjacent to an activating group) is 1. The number of rotatable bonds is 6. The topological polar surface area (TPSA) is 72.9 Å². The number of nitrogens with one attached hydrogen (secondary N) is 1. The SMILES string of the molecule is CC(CO)NC(=O)N([C]=O)CCN(C)C. The number of aliphatic hydroxyl groups excluding tert-OH is 1. The summed E-state index contributed by atoms with van der Waals surface area (Å²) < 4.78 is 0. The van der Waals surface area contributed by atoms with E-state index < -0.39 is 6.03 Å². The molecule has 6 nitrogen and oxygen atoms in total. The zero-order valence-corrected chi connectivity index (χ0v) is 9.36. The van der Waals surface area contributed by atoms with Crippen LogP contribution in [0.25, 0.3) is 0 Å². The molecule has 0 saturated heterocycles. The number of urea groups is 1. The summed E-state index contributed by atoms with van der Waals surface area (Å²) in [5.41, 5.74) is 0. The number of carbonyl (C=O) groups excluding carboxylic acids is 2. The van der Waals surface area contributed by atoms with Gasteiger partial charge in [-0.15, -0.1) is 0 Å². The van der Waals surface area contributed by atoms with Crippen molar-refractivity contribution < 1.29 is 14.7 Å². The van der Waals surface area contributed by atoms with Crippen molar-refractivity contribution in [1.82, 2.24) is 15.1 Å². The molecule has 3 amide bonds. The Hall–Kier alpha value is -1.14. The summed E-state index contributed by atoms with van der Waals surface area (Å²) in [4.78, 5) is 24.6. The van der Waals surface area contributed by atoms with Gasteiger partial charge in [-0.25, -0.2) is 4.79 Å². The quantitative estimate of drug-likeness (QED) is 0.559. The van der Waals surface area contributed by atoms with Crippen LogP contribution in [0.15, 0.2) is 0 Å². The Balaban J connectivity index is 4.04. The van der Waals surface area contributed by atoms with Gasteiger partial charge in [-0.3, -0.25) is 9.69 Å². The van der Waals surface area contributed by atoms with Crippen molar-refractivity contribution >= 4 is 12.4 Å². The van der Waals surface area contributed by atoms with Crippen LogP contribution in [0.3, 0.4) is 0 Å². The molecule has 0 saturated carbocycles. The highest BCUT2D eigenvalue weighted by Crippen LogP contribution is 1.89. The second-order valence-corrected chi connectivity index (χ2v) is 3.58. The van der Waals surface area contributed by atoms with E-state index in [0.29, 0.717) is 6.54 Å². The minimum absolute atomic E-state index is 0.161. The lowest BCUT2D eigenvalue weighted by Crippen LogP contribution is -2.46. The molecule has 0 aliphatic rings. The molecule has 0 rings (SSSR count). The van der Waals surface area contributed by atoms with Gasteiger partial charge in [0.05, 0.1) is 12.6 Å². The molecular formula is C9H18N3O3. The van der Waals surface area contributed by atoms with E-state index in [-0.39, 0.29) is 19.2 Å². The number of nitrogens with zero attached hydrogens (tertiary/aromatic N) is 2. The molecule has 0 bridgehead atoms. The molecule has 0 aliphatic carbocycles. The third-order valence-corrected chi connectivity index (χ3v) is 1.77. The second-order valence-electron chi connectivity index (χ2n) is 3.58. The summed E-state index contributed by atoms with van der Waals surface area (Å²) >= 11 is 0. The van der Waals surface area contributed by atoms with Crippen LogP contribution in [-0.2, 0) is 4.79 Å². The van der Waals surface area contributed by atoms with Crippen LogP contribution in [0.4, 0.5) is 4.79 Å². The first-order valence-corrected chi connectivity index (χ1v) is 4.72. The first kappa shape index (κ1) is 13.9. The highest BCUT2D eigenvalue weighted by molar-refractivity contribution is 5.85. The van der Waals surface area contributed by atoms with Gasteiger partial charge in [0.25, 0.3) is 0 Å². The largest absolute Gasteiger partial charge is 0.394 e. The first-order chi connectivity index (χ1) is 7.01. The maximum absolute atomic E-state index is 11.4. The zero-order valence-electron chi connectivity index (χ0n) is 9.36. The van der Waals surface area contributed by atoms with Gasteiger partial charge < -0.3 is 15.3 Å². The number of imide groups is 1. The Bertz CT molecular complexity index is 209. The van der Waals surface area contributed by atoms with Crippen LogP contribution in [-0.4, -0.2) is 67.2 Å². The smallest absolute Gasteiger partial charge is 0.324 e. The highest BCUT2D eigenvalue weighted by atomic mass is 16.3. The van der Waals surface area contributed by atoms with Crippen LogP contribution < -0.4 is 5.32 Å². The summed E-state index contributed by atoms with van der Waals surface area (Å²) in [6, 6.07) is -0.902. The molecule has 15 heavy (non-hydrogen) atoms. The van der Waals surface area contributed by atoms with Crippen LogP contribution in [0, 0.1) is 0 Å². The molecule has 0 aromatic rings. The molecular weight excluding hydrogens is 198 g/mol. The third-order valence-electron chi connectivity index (χ3n) is 1.77. The predicted octanol–water partition coefficient (Wildman–Crippen LogP) is -0.992. The normalized spacial score (nSPS) is 12.3. The van der Waals surface area contributed by atoms with Crippen molar-refractivity contribution in [1.29, 1.82) is 0 Å². The van der Waals surface area contributed by atoms with Gasteiger partial charge in [-0.05, 0) is 21.0 Å². The van der Waals surface area contributed by atoms with Crippen molar-refractivity contribution in [2.24, 2.45) is 0 Å². The lowest BCUT2D eigenvalue weighted by molar-refractivity contribution is 0.199. The molecule has 0 aromatic carbocycles. The lowest BCUT2D eigenvalue weighted by Gasteiger charge is -2.19. The monoisotopic (exact) mass is 216 g/mol. The van der Waals surface area contributed by atoms with Gasteiger partial charge in [-0.2, -0.15) is 0 Å². The van der Waals surface area contributed by atoms with E-state index in [9.17, 15) is 9.59 Å². The van der Waals surface area contributed by atoms with Crippen molar-refractivity contribution in [2.75, 3.05) is 33.8 Å². The van der Waals surface area contributed by atoms with E-state index in [4.69, 9.17) is 5.11 Å². The summed E-state index contributed by atoms with van der Waals surface area (Å²) in [6.07, 6.45) is 1.55. The average molecular weight is 216 g/mol. The van der Waals surface area contributed by atoms with E-state index in [1.165, 1.54) is 0 Å². The van der Waals surface area contributed by atoms with Gasteiger partial charge >= 0.3 is 12.4 Å². The fourth-order valence-corrected chi connectivity index (χ4v) is 0.823. The Kier molecular flexibility index (Phi) is 6.64. The summed E-state index contributed by atoms with van der Waals surface area (Å²) in [5.74, 6) is 0. The number of aliphatic hydroxyl groups is 1. The van der Waals surface area contributed by atoms with Gasteiger partial charge in [0.2, 0.25) is 0 Å². The molecule has 0 fully saturated rings. The van der Waals surface area contributed by atoms with Crippen molar-refractivity contribution in [3.63, 3.8) is 0 Å².